The minimum Gasteiger partial charge on any atom is -0.465 e. The van der Waals surface area contributed by atoms with Crippen LogP contribution in [0.5, 0.6) is 0 Å². The fourth-order valence-electron chi connectivity index (χ4n) is 2.71. The van der Waals surface area contributed by atoms with Gasteiger partial charge >= 0.3 is 11.9 Å². The number of esters is 2. The van der Waals surface area contributed by atoms with Crippen molar-refractivity contribution in [3.8, 4) is 0 Å². The van der Waals surface area contributed by atoms with Crippen LogP contribution < -0.4 is 0 Å². The minimum atomic E-state index is -0.667. The first-order valence-corrected chi connectivity index (χ1v) is 9.18. The van der Waals surface area contributed by atoms with Crippen molar-refractivity contribution in [2.45, 2.75) is 40.0 Å². The molecule has 1 unspecified atom stereocenters. The summed E-state index contributed by atoms with van der Waals surface area (Å²) in [6.45, 7) is 8.61. The molecule has 2 rings (SSSR count). The second-order valence-electron chi connectivity index (χ2n) is 7.43. The Kier molecular flexibility index (Phi) is 7.19. The van der Waals surface area contributed by atoms with Gasteiger partial charge in [-0.15, -0.1) is 0 Å². The quantitative estimate of drug-likeness (QED) is 0.643. The fraction of sp³-hybridized carbons (Fsp3) is 0.455. The van der Waals surface area contributed by atoms with Gasteiger partial charge in [0.2, 0.25) is 0 Å². The zero-order valence-corrected chi connectivity index (χ0v) is 16.0. The van der Waals surface area contributed by atoms with Gasteiger partial charge in [0.1, 0.15) is 0 Å². The van der Waals surface area contributed by atoms with Crippen molar-refractivity contribution in [3.63, 3.8) is 0 Å². The Morgan fingerprint density at radius 1 is 0.846 bits per heavy atom. The summed E-state index contributed by atoms with van der Waals surface area (Å²) >= 11 is 0. The van der Waals surface area contributed by atoms with E-state index in [2.05, 4.69) is 0 Å². The predicted octanol–water partition coefficient (Wildman–Crippen LogP) is 4.71. The number of hydrogen-bond donors (Lipinski definition) is 0. The molecule has 0 aliphatic rings. The molecule has 2 aromatic carbocycles. The van der Waals surface area contributed by atoms with Crippen LogP contribution in [0.25, 0.3) is 10.8 Å². The topological polar surface area (TPSA) is 52.6 Å². The second-order valence-corrected chi connectivity index (χ2v) is 7.43. The number of hydrogen-bond acceptors (Lipinski definition) is 4. The van der Waals surface area contributed by atoms with Crippen LogP contribution in [0.2, 0.25) is 0 Å². The molecule has 26 heavy (non-hydrogen) atoms. The molecule has 2 aromatic rings. The van der Waals surface area contributed by atoms with Crippen molar-refractivity contribution in [1.82, 2.24) is 0 Å². The Hall–Kier alpha value is -2.36. The number of carbonyl (C=O) groups excluding carboxylic acids is 2. The number of carbonyl (C=O) groups is 2. The maximum Gasteiger partial charge on any atom is 0.314 e. The molecule has 0 saturated carbocycles. The van der Waals surface area contributed by atoms with Crippen molar-refractivity contribution in [2.24, 2.45) is 11.8 Å². The van der Waals surface area contributed by atoms with Crippen molar-refractivity contribution in [3.05, 3.63) is 48.0 Å². The van der Waals surface area contributed by atoms with E-state index in [-0.39, 0.29) is 30.2 Å². The Morgan fingerprint density at radius 2 is 1.46 bits per heavy atom. The summed E-state index contributed by atoms with van der Waals surface area (Å²) in [4.78, 5) is 25.0. The van der Waals surface area contributed by atoms with E-state index >= 15 is 0 Å². The van der Waals surface area contributed by atoms with Crippen LogP contribution >= 0.6 is 0 Å². The number of fused-ring (bicyclic) bond motifs is 1. The maximum atomic E-state index is 12.7. The van der Waals surface area contributed by atoms with Gasteiger partial charge in [0.15, 0.2) is 0 Å². The van der Waals surface area contributed by atoms with E-state index in [9.17, 15) is 9.59 Å². The van der Waals surface area contributed by atoms with Crippen LogP contribution in [0.3, 0.4) is 0 Å². The summed E-state index contributed by atoms with van der Waals surface area (Å²) in [5, 5.41) is 1.99. The van der Waals surface area contributed by atoms with Gasteiger partial charge in [0.05, 0.1) is 25.6 Å². The molecule has 0 aromatic heterocycles. The first kappa shape index (κ1) is 20.0. The number of rotatable bonds is 8. The van der Waals surface area contributed by atoms with Gasteiger partial charge in [0, 0.05) is 0 Å². The molecule has 0 heterocycles. The minimum absolute atomic E-state index is 0.0162. The molecule has 0 saturated heterocycles. The third kappa shape index (κ3) is 5.58. The van der Waals surface area contributed by atoms with Gasteiger partial charge in [-0.05, 0) is 28.2 Å². The van der Waals surface area contributed by atoms with Gasteiger partial charge in [-0.1, -0.05) is 70.2 Å². The summed E-state index contributed by atoms with van der Waals surface area (Å²) in [5.74, 6) is -0.933. The van der Waals surface area contributed by atoms with Gasteiger partial charge in [-0.3, -0.25) is 9.59 Å². The Labute approximate surface area is 155 Å². The van der Waals surface area contributed by atoms with E-state index in [1.807, 2.05) is 70.2 Å². The van der Waals surface area contributed by atoms with Gasteiger partial charge in [-0.25, -0.2) is 0 Å². The highest BCUT2D eigenvalue weighted by Gasteiger charge is 2.28. The van der Waals surface area contributed by atoms with Crippen LogP contribution in [-0.4, -0.2) is 25.2 Å². The van der Waals surface area contributed by atoms with Crippen molar-refractivity contribution in [1.29, 1.82) is 0 Å². The number of ether oxygens (including phenoxy) is 2. The lowest BCUT2D eigenvalue weighted by molar-refractivity contribution is -0.153. The van der Waals surface area contributed by atoms with Gasteiger partial charge in [-0.2, -0.15) is 0 Å². The lowest BCUT2D eigenvalue weighted by atomic mass is 9.91. The molecule has 140 valence electrons. The van der Waals surface area contributed by atoms with Crippen LogP contribution in [0.1, 0.15) is 45.6 Å². The average Bonchev–Trinajstić information content (AvgIpc) is 2.62. The molecule has 4 heteroatoms. The molecule has 0 fully saturated rings. The Morgan fingerprint density at radius 3 is 2.15 bits per heavy atom. The van der Waals surface area contributed by atoms with Gasteiger partial charge in [0.25, 0.3) is 0 Å². The molecule has 0 bridgehead atoms. The van der Waals surface area contributed by atoms with Crippen molar-refractivity contribution in [2.75, 3.05) is 13.2 Å². The Bertz CT molecular complexity index is 743. The molecular weight excluding hydrogens is 328 g/mol. The fourth-order valence-corrected chi connectivity index (χ4v) is 2.71. The predicted molar refractivity (Wildman–Crippen MR) is 103 cm³/mol. The SMILES string of the molecule is CC(C)COC(=O)CC(C(=O)OCC(C)C)c1cccc2ccccc12. The summed E-state index contributed by atoms with van der Waals surface area (Å²) in [5.41, 5.74) is 0.804. The average molecular weight is 356 g/mol. The van der Waals surface area contributed by atoms with E-state index in [0.717, 1.165) is 16.3 Å². The summed E-state index contributed by atoms with van der Waals surface area (Å²) < 4.78 is 10.7. The first-order chi connectivity index (χ1) is 12.4. The van der Waals surface area contributed by atoms with E-state index in [4.69, 9.17) is 9.47 Å². The summed E-state index contributed by atoms with van der Waals surface area (Å²) in [6.07, 6.45) is -0.0162. The maximum absolute atomic E-state index is 12.7. The smallest absolute Gasteiger partial charge is 0.314 e. The summed E-state index contributed by atoms with van der Waals surface area (Å²) in [6, 6.07) is 13.6. The molecule has 0 aliphatic carbocycles. The van der Waals surface area contributed by atoms with Crippen LogP contribution in [0.15, 0.2) is 42.5 Å². The van der Waals surface area contributed by atoms with Crippen molar-refractivity contribution < 1.29 is 19.1 Å². The zero-order chi connectivity index (χ0) is 19.1. The van der Waals surface area contributed by atoms with Crippen LogP contribution in [0.4, 0.5) is 0 Å². The molecular formula is C22H28O4. The monoisotopic (exact) mass is 356 g/mol. The largest absolute Gasteiger partial charge is 0.465 e. The van der Waals surface area contributed by atoms with Crippen LogP contribution in [0, 0.1) is 11.8 Å². The van der Waals surface area contributed by atoms with E-state index in [1.165, 1.54) is 0 Å². The van der Waals surface area contributed by atoms with E-state index in [1.54, 1.807) is 0 Å². The third-order valence-corrected chi connectivity index (χ3v) is 3.99. The highest BCUT2D eigenvalue weighted by atomic mass is 16.5. The lowest BCUT2D eigenvalue weighted by Crippen LogP contribution is -2.23. The highest BCUT2D eigenvalue weighted by molar-refractivity contribution is 5.93. The molecule has 0 aliphatic heterocycles. The van der Waals surface area contributed by atoms with Crippen LogP contribution in [-0.2, 0) is 19.1 Å². The lowest BCUT2D eigenvalue weighted by Gasteiger charge is -2.19. The molecule has 0 radical (unpaired) electrons. The molecule has 0 spiro atoms. The molecule has 1 atom stereocenters. The zero-order valence-electron chi connectivity index (χ0n) is 16.0. The van der Waals surface area contributed by atoms with Crippen molar-refractivity contribution >= 4 is 22.7 Å². The normalized spacial score (nSPS) is 12.4. The van der Waals surface area contributed by atoms with Gasteiger partial charge < -0.3 is 9.47 Å². The highest BCUT2D eigenvalue weighted by Crippen LogP contribution is 2.29. The number of benzene rings is 2. The molecule has 0 N–H and O–H groups in total. The second kappa shape index (κ2) is 9.37. The molecule has 4 nitrogen and oxygen atoms in total. The molecule has 0 amide bonds. The third-order valence-electron chi connectivity index (χ3n) is 3.99. The standard InChI is InChI=1S/C22H28O4/c1-15(2)13-25-21(23)12-20(22(24)26-14-16(3)4)19-11-7-9-17-8-5-6-10-18(17)19/h5-11,15-16,20H,12-14H2,1-4H3. The summed E-state index contributed by atoms with van der Waals surface area (Å²) in [7, 11) is 0. The Balaban J connectivity index is 2.29. The van der Waals surface area contributed by atoms with E-state index < -0.39 is 5.92 Å². The first-order valence-electron chi connectivity index (χ1n) is 9.18. The van der Waals surface area contributed by atoms with E-state index in [0.29, 0.717) is 13.2 Å².